The lowest BCUT2D eigenvalue weighted by molar-refractivity contribution is 0.414. The second-order valence-electron chi connectivity index (χ2n) is 4.53. The van der Waals surface area contributed by atoms with Crippen LogP contribution in [0.25, 0.3) is 23.6 Å². The van der Waals surface area contributed by atoms with Crippen LogP contribution >= 0.6 is 15.9 Å². The third-order valence-electron chi connectivity index (χ3n) is 3.08. The zero-order valence-electron chi connectivity index (χ0n) is 11.9. The van der Waals surface area contributed by atoms with Crippen LogP contribution in [0.2, 0.25) is 0 Å². The Morgan fingerprint density at radius 3 is 2.55 bits per heavy atom. The van der Waals surface area contributed by atoms with Crippen LogP contribution in [0.4, 0.5) is 0 Å². The van der Waals surface area contributed by atoms with Gasteiger partial charge in [-0.1, -0.05) is 34.1 Å². The van der Waals surface area contributed by atoms with E-state index in [2.05, 4.69) is 26.1 Å². The monoisotopic (exact) mass is 356 g/mol. The predicted octanol–water partition coefficient (Wildman–Crippen LogP) is 4.68. The SMILES string of the molecule is COc1ccccc1/C=C/c1nnc(-c2ccc(Br)cc2)o1. The molecule has 22 heavy (non-hydrogen) atoms. The summed E-state index contributed by atoms with van der Waals surface area (Å²) in [5.41, 5.74) is 1.83. The van der Waals surface area contributed by atoms with E-state index in [1.165, 1.54) is 0 Å². The summed E-state index contributed by atoms with van der Waals surface area (Å²) in [6.07, 6.45) is 3.66. The van der Waals surface area contributed by atoms with Crippen molar-refractivity contribution in [1.29, 1.82) is 0 Å². The molecule has 0 saturated carbocycles. The largest absolute Gasteiger partial charge is 0.496 e. The number of aromatic nitrogens is 2. The van der Waals surface area contributed by atoms with Crippen LogP contribution < -0.4 is 4.74 Å². The predicted molar refractivity (Wildman–Crippen MR) is 89.4 cm³/mol. The first-order chi connectivity index (χ1) is 10.8. The minimum atomic E-state index is 0.448. The van der Waals surface area contributed by atoms with Crippen molar-refractivity contribution < 1.29 is 9.15 Å². The number of ether oxygens (including phenoxy) is 1. The summed E-state index contributed by atoms with van der Waals surface area (Å²) in [7, 11) is 1.64. The highest BCUT2D eigenvalue weighted by atomic mass is 79.9. The number of para-hydroxylation sites is 1. The molecule has 0 aliphatic carbocycles. The number of hydrogen-bond acceptors (Lipinski definition) is 4. The molecule has 0 aliphatic rings. The molecule has 0 spiro atoms. The van der Waals surface area contributed by atoms with E-state index in [0.717, 1.165) is 21.3 Å². The average molecular weight is 357 g/mol. The van der Waals surface area contributed by atoms with Gasteiger partial charge in [0.1, 0.15) is 5.75 Å². The second-order valence-corrected chi connectivity index (χ2v) is 5.44. The van der Waals surface area contributed by atoms with Gasteiger partial charge in [0.2, 0.25) is 11.8 Å². The molecule has 0 atom stereocenters. The summed E-state index contributed by atoms with van der Waals surface area (Å²) in [6, 6.07) is 15.4. The van der Waals surface area contributed by atoms with Crippen LogP contribution in [0.5, 0.6) is 5.75 Å². The molecule has 4 nitrogen and oxygen atoms in total. The van der Waals surface area contributed by atoms with Gasteiger partial charge in [-0.25, -0.2) is 0 Å². The topological polar surface area (TPSA) is 48.2 Å². The molecule has 0 saturated heterocycles. The molecule has 0 N–H and O–H groups in total. The molecule has 3 rings (SSSR count). The smallest absolute Gasteiger partial charge is 0.248 e. The van der Waals surface area contributed by atoms with Crippen molar-refractivity contribution in [2.75, 3.05) is 7.11 Å². The molecular weight excluding hydrogens is 344 g/mol. The summed E-state index contributed by atoms with van der Waals surface area (Å²) in [6.45, 7) is 0. The molecule has 0 radical (unpaired) electrons. The van der Waals surface area contributed by atoms with Gasteiger partial charge in [-0.3, -0.25) is 0 Å². The van der Waals surface area contributed by atoms with Crippen molar-refractivity contribution in [1.82, 2.24) is 10.2 Å². The number of rotatable bonds is 4. The average Bonchev–Trinajstić information content (AvgIpc) is 3.03. The number of hydrogen-bond donors (Lipinski definition) is 0. The second kappa shape index (κ2) is 6.58. The van der Waals surface area contributed by atoms with E-state index in [1.54, 1.807) is 13.2 Å². The highest BCUT2D eigenvalue weighted by Gasteiger charge is 2.06. The van der Waals surface area contributed by atoms with Crippen molar-refractivity contribution in [2.24, 2.45) is 0 Å². The molecule has 1 aromatic heterocycles. The lowest BCUT2D eigenvalue weighted by atomic mass is 10.2. The van der Waals surface area contributed by atoms with Gasteiger partial charge in [0, 0.05) is 21.7 Å². The van der Waals surface area contributed by atoms with Gasteiger partial charge in [0.15, 0.2) is 0 Å². The lowest BCUT2D eigenvalue weighted by Crippen LogP contribution is -1.85. The third-order valence-corrected chi connectivity index (χ3v) is 3.60. The van der Waals surface area contributed by atoms with E-state index >= 15 is 0 Å². The summed E-state index contributed by atoms with van der Waals surface area (Å²) in [5, 5.41) is 8.09. The number of benzene rings is 2. The Hall–Kier alpha value is -2.40. The van der Waals surface area contributed by atoms with E-state index in [9.17, 15) is 0 Å². The molecule has 110 valence electrons. The Labute approximate surface area is 136 Å². The maximum Gasteiger partial charge on any atom is 0.248 e. The number of methoxy groups -OCH3 is 1. The Morgan fingerprint density at radius 1 is 1.00 bits per heavy atom. The van der Waals surface area contributed by atoms with Crippen LogP contribution in [-0.4, -0.2) is 17.3 Å². The van der Waals surface area contributed by atoms with Crippen LogP contribution in [0.3, 0.4) is 0 Å². The fourth-order valence-electron chi connectivity index (χ4n) is 1.98. The van der Waals surface area contributed by atoms with Crippen molar-refractivity contribution in [2.45, 2.75) is 0 Å². The minimum Gasteiger partial charge on any atom is -0.496 e. The zero-order chi connectivity index (χ0) is 15.4. The number of halogens is 1. The molecule has 0 bridgehead atoms. The normalized spacial score (nSPS) is 11.0. The third kappa shape index (κ3) is 3.26. The summed E-state index contributed by atoms with van der Waals surface area (Å²) in [5.74, 6) is 1.74. The fourth-order valence-corrected chi connectivity index (χ4v) is 2.24. The van der Waals surface area contributed by atoms with Crippen molar-refractivity contribution >= 4 is 28.1 Å². The molecule has 0 unspecified atom stereocenters. The van der Waals surface area contributed by atoms with E-state index in [1.807, 2.05) is 54.6 Å². The standard InChI is InChI=1S/C17H13BrN2O2/c1-21-15-5-3-2-4-12(15)8-11-16-19-20-17(22-16)13-6-9-14(18)10-7-13/h2-11H,1H3/b11-8+. The highest BCUT2D eigenvalue weighted by molar-refractivity contribution is 9.10. The first-order valence-electron chi connectivity index (χ1n) is 6.67. The molecule has 0 amide bonds. The van der Waals surface area contributed by atoms with Crippen molar-refractivity contribution in [3.8, 4) is 17.2 Å². The zero-order valence-corrected chi connectivity index (χ0v) is 13.4. The lowest BCUT2D eigenvalue weighted by Gasteiger charge is -2.02. The van der Waals surface area contributed by atoms with E-state index in [4.69, 9.17) is 9.15 Å². The quantitative estimate of drug-likeness (QED) is 0.680. The van der Waals surface area contributed by atoms with Gasteiger partial charge in [0.05, 0.1) is 7.11 Å². The van der Waals surface area contributed by atoms with Gasteiger partial charge < -0.3 is 9.15 Å². The Balaban J connectivity index is 1.82. The summed E-state index contributed by atoms with van der Waals surface area (Å²) in [4.78, 5) is 0. The number of nitrogens with zero attached hydrogens (tertiary/aromatic N) is 2. The molecule has 0 aliphatic heterocycles. The van der Waals surface area contributed by atoms with E-state index < -0.39 is 0 Å². The fraction of sp³-hybridized carbons (Fsp3) is 0.0588. The minimum absolute atomic E-state index is 0.448. The maximum absolute atomic E-state index is 5.64. The van der Waals surface area contributed by atoms with Crippen LogP contribution in [0.15, 0.2) is 57.4 Å². The molecule has 1 heterocycles. The van der Waals surface area contributed by atoms with Gasteiger partial charge in [-0.05, 0) is 36.4 Å². The van der Waals surface area contributed by atoms with Crippen molar-refractivity contribution in [3.05, 3.63) is 64.5 Å². The summed E-state index contributed by atoms with van der Waals surface area (Å²) < 4.78 is 11.9. The van der Waals surface area contributed by atoms with Gasteiger partial charge in [-0.15, -0.1) is 10.2 Å². The molecule has 2 aromatic carbocycles. The highest BCUT2D eigenvalue weighted by Crippen LogP contribution is 2.22. The Bertz CT molecular complexity index is 794. The van der Waals surface area contributed by atoms with Crippen LogP contribution in [0.1, 0.15) is 11.5 Å². The van der Waals surface area contributed by atoms with E-state index in [0.29, 0.717) is 11.8 Å². The molecular formula is C17H13BrN2O2. The van der Waals surface area contributed by atoms with Crippen LogP contribution in [0, 0.1) is 0 Å². The van der Waals surface area contributed by atoms with Crippen molar-refractivity contribution in [3.63, 3.8) is 0 Å². The van der Waals surface area contributed by atoms with Crippen LogP contribution in [-0.2, 0) is 0 Å². The molecule has 3 aromatic rings. The summed E-state index contributed by atoms with van der Waals surface area (Å²) >= 11 is 3.40. The molecule has 0 fully saturated rings. The maximum atomic E-state index is 5.64. The van der Waals surface area contributed by atoms with Gasteiger partial charge in [-0.2, -0.15) is 0 Å². The van der Waals surface area contributed by atoms with E-state index in [-0.39, 0.29) is 0 Å². The Kier molecular flexibility index (Phi) is 4.34. The first-order valence-corrected chi connectivity index (χ1v) is 7.46. The molecule has 5 heteroatoms. The van der Waals surface area contributed by atoms with Gasteiger partial charge in [0.25, 0.3) is 0 Å². The van der Waals surface area contributed by atoms with Gasteiger partial charge >= 0.3 is 0 Å². The first kappa shape index (κ1) is 14.5. The Morgan fingerprint density at radius 2 is 1.77 bits per heavy atom.